The zero-order valence-corrected chi connectivity index (χ0v) is 20.8. The van der Waals surface area contributed by atoms with Crippen LogP contribution in [0, 0.1) is 0 Å². The first-order valence-corrected chi connectivity index (χ1v) is 14.1. The highest BCUT2D eigenvalue weighted by Gasteiger charge is 2.31. The highest BCUT2D eigenvalue weighted by molar-refractivity contribution is 7.89. The summed E-state index contributed by atoms with van der Waals surface area (Å²) >= 11 is 0. The summed E-state index contributed by atoms with van der Waals surface area (Å²) in [5.41, 5.74) is 1.58. The third-order valence-electron chi connectivity index (χ3n) is 6.86. The quantitative estimate of drug-likeness (QED) is 0.661. The van der Waals surface area contributed by atoms with Gasteiger partial charge >= 0.3 is 0 Å². The molecule has 0 aromatic heterocycles. The predicted molar refractivity (Wildman–Crippen MR) is 135 cm³/mol. The molecule has 2 aromatic carbocycles. The van der Waals surface area contributed by atoms with E-state index in [1.54, 1.807) is 40.7 Å². The first-order chi connectivity index (χ1) is 17.0. The third-order valence-corrected chi connectivity index (χ3v) is 8.78. The number of benzene rings is 2. The summed E-state index contributed by atoms with van der Waals surface area (Å²) < 4.78 is 40.4. The first kappa shape index (κ1) is 23.9. The number of fused-ring (bicyclic) bond motifs is 1. The van der Waals surface area contributed by atoms with Gasteiger partial charge in [0.25, 0.3) is 5.91 Å². The molecule has 3 aliphatic heterocycles. The Kier molecular flexibility index (Phi) is 7.15. The Bertz CT molecular complexity index is 1170. The van der Waals surface area contributed by atoms with E-state index in [2.05, 4.69) is 10.2 Å². The van der Waals surface area contributed by atoms with E-state index in [-0.39, 0.29) is 10.8 Å². The zero-order valence-electron chi connectivity index (χ0n) is 20.0. The summed E-state index contributed by atoms with van der Waals surface area (Å²) in [6.07, 6.45) is 6.80. The summed E-state index contributed by atoms with van der Waals surface area (Å²) in [5.74, 6) is 0.884. The Labute approximate surface area is 207 Å². The lowest BCUT2D eigenvalue weighted by molar-refractivity contribution is 0.102. The van der Waals surface area contributed by atoms with Gasteiger partial charge < -0.3 is 19.7 Å². The fourth-order valence-electron chi connectivity index (χ4n) is 4.95. The van der Waals surface area contributed by atoms with Crippen molar-refractivity contribution >= 4 is 27.3 Å². The van der Waals surface area contributed by atoms with Crippen LogP contribution in [0.2, 0.25) is 0 Å². The molecule has 188 valence electrons. The number of sulfonamides is 1. The second kappa shape index (κ2) is 10.5. The SMILES string of the molecule is O=C(Nc1ccc2c(c1)OCCCO2)c1ccc(N2CCCCC2)c(S(=O)(=O)N2CCCCC2)c1. The standard InChI is InChI=1S/C26H33N3O5S/c30-26(27-21-9-11-23-24(19-21)34-17-7-16-33-23)20-8-10-22(28-12-3-1-4-13-28)25(18-20)35(31,32)29-14-5-2-6-15-29/h8-11,18-19H,1-7,12-17H2,(H,27,30). The molecule has 8 nitrogen and oxygen atoms in total. The van der Waals surface area contributed by atoms with Crippen molar-refractivity contribution in [3.8, 4) is 11.5 Å². The Morgan fingerprint density at radius 3 is 2.20 bits per heavy atom. The number of ether oxygens (including phenoxy) is 2. The lowest BCUT2D eigenvalue weighted by atomic mass is 10.1. The maximum Gasteiger partial charge on any atom is 0.255 e. The lowest BCUT2D eigenvalue weighted by Crippen LogP contribution is -2.37. The van der Waals surface area contributed by atoms with Gasteiger partial charge in [0.15, 0.2) is 11.5 Å². The van der Waals surface area contributed by atoms with Crippen LogP contribution < -0.4 is 19.7 Å². The number of piperidine rings is 2. The van der Waals surface area contributed by atoms with E-state index in [1.807, 2.05) is 0 Å². The van der Waals surface area contributed by atoms with Crippen LogP contribution in [0.5, 0.6) is 11.5 Å². The number of carbonyl (C=O) groups is 1. The maximum absolute atomic E-state index is 13.7. The van der Waals surface area contributed by atoms with Crippen molar-refractivity contribution in [2.24, 2.45) is 0 Å². The molecule has 2 saturated heterocycles. The number of nitrogens with zero attached hydrogens (tertiary/aromatic N) is 2. The molecule has 1 N–H and O–H groups in total. The van der Waals surface area contributed by atoms with E-state index < -0.39 is 10.0 Å². The van der Waals surface area contributed by atoms with Gasteiger partial charge in [-0.05, 0) is 62.4 Å². The molecule has 0 spiro atoms. The molecule has 0 saturated carbocycles. The van der Waals surface area contributed by atoms with Crippen molar-refractivity contribution in [1.82, 2.24) is 4.31 Å². The molecule has 0 bridgehead atoms. The molecule has 2 aromatic rings. The molecule has 3 heterocycles. The van der Waals surface area contributed by atoms with Crippen molar-refractivity contribution in [3.63, 3.8) is 0 Å². The van der Waals surface area contributed by atoms with E-state index in [1.165, 1.54) is 0 Å². The third kappa shape index (κ3) is 5.26. The normalized spacial score (nSPS) is 19.1. The number of nitrogens with one attached hydrogen (secondary N) is 1. The van der Waals surface area contributed by atoms with E-state index in [0.717, 1.165) is 58.0 Å². The Morgan fingerprint density at radius 2 is 1.46 bits per heavy atom. The van der Waals surface area contributed by atoms with Crippen molar-refractivity contribution in [2.45, 2.75) is 49.8 Å². The molecule has 0 radical (unpaired) electrons. The second-order valence-electron chi connectivity index (χ2n) is 9.36. The van der Waals surface area contributed by atoms with E-state index in [9.17, 15) is 13.2 Å². The van der Waals surface area contributed by atoms with Crippen LogP contribution in [-0.4, -0.2) is 58.0 Å². The number of carbonyl (C=O) groups excluding carboxylic acids is 1. The van der Waals surface area contributed by atoms with Gasteiger partial charge in [-0.15, -0.1) is 0 Å². The number of hydrogen-bond acceptors (Lipinski definition) is 6. The summed E-state index contributed by atoms with van der Waals surface area (Å²) in [6.45, 7) is 3.84. The molecule has 3 aliphatic rings. The van der Waals surface area contributed by atoms with Crippen molar-refractivity contribution in [2.75, 3.05) is 49.6 Å². The van der Waals surface area contributed by atoms with E-state index >= 15 is 0 Å². The topological polar surface area (TPSA) is 88.2 Å². The highest BCUT2D eigenvalue weighted by atomic mass is 32.2. The van der Waals surface area contributed by atoms with Crippen LogP contribution in [0.1, 0.15) is 55.3 Å². The molecular weight excluding hydrogens is 466 g/mol. The van der Waals surface area contributed by atoms with Gasteiger partial charge in [-0.25, -0.2) is 8.42 Å². The fraction of sp³-hybridized carbons (Fsp3) is 0.500. The average Bonchev–Trinajstić information content (AvgIpc) is 3.14. The minimum atomic E-state index is -3.71. The minimum Gasteiger partial charge on any atom is -0.490 e. The van der Waals surface area contributed by atoms with Crippen LogP contribution in [-0.2, 0) is 10.0 Å². The smallest absolute Gasteiger partial charge is 0.255 e. The Hall–Kier alpha value is -2.78. The van der Waals surface area contributed by atoms with Gasteiger partial charge in [0.2, 0.25) is 10.0 Å². The number of anilines is 2. The monoisotopic (exact) mass is 499 g/mol. The van der Waals surface area contributed by atoms with Gasteiger partial charge in [-0.3, -0.25) is 4.79 Å². The maximum atomic E-state index is 13.7. The van der Waals surface area contributed by atoms with Gasteiger partial charge in [0.1, 0.15) is 4.90 Å². The van der Waals surface area contributed by atoms with E-state index in [0.29, 0.717) is 54.7 Å². The Morgan fingerprint density at radius 1 is 0.771 bits per heavy atom. The minimum absolute atomic E-state index is 0.229. The van der Waals surface area contributed by atoms with Crippen LogP contribution in [0.25, 0.3) is 0 Å². The first-order valence-electron chi connectivity index (χ1n) is 12.6. The van der Waals surface area contributed by atoms with Gasteiger partial charge in [-0.1, -0.05) is 6.42 Å². The van der Waals surface area contributed by atoms with Crippen LogP contribution in [0.3, 0.4) is 0 Å². The Balaban J connectivity index is 1.44. The molecule has 35 heavy (non-hydrogen) atoms. The lowest BCUT2D eigenvalue weighted by Gasteiger charge is -2.33. The summed E-state index contributed by atoms with van der Waals surface area (Å²) in [5, 5.41) is 2.89. The van der Waals surface area contributed by atoms with Gasteiger partial charge in [0.05, 0.1) is 18.9 Å². The van der Waals surface area contributed by atoms with E-state index in [4.69, 9.17) is 9.47 Å². The molecule has 5 rings (SSSR count). The van der Waals surface area contributed by atoms with Gasteiger partial charge in [-0.2, -0.15) is 4.31 Å². The average molecular weight is 500 g/mol. The highest BCUT2D eigenvalue weighted by Crippen LogP contribution is 2.34. The van der Waals surface area contributed by atoms with Crippen molar-refractivity contribution in [1.29, 1.82) is 0 Å². The van der Waals surface area contributed by atoms with Crippen molar-refractivity contribution in [3.05, 3.63) is 42.0 Å². The van der Waals surface area contributed by atoms with Gasteiger partial charge in [0, 0.05) is 49.9 Å². The molecule has 0 atom stereocenters. The molecule has 0 aliphatic carbocycles. The zero-order chi connectivity index (χ0) is 24.3. The van der Waals surface area contributed by atoms with Crippen LogP contribution in [0.15, 0.2) is 41.3 Å². The second-order valence-corrected chi connectivity index (χ2v) is 11.3. The summed E-state index contributed by atoms with van der Waals surface area (Å²) in [6, 6.07) is 10.3. The number of hydrogen-bond donors (Lipinski definition) is 1. The number of rotatable bonds is 5. The molecule has 0 unspecified atom stereocenters. The largest absolute Gasteiger partial charge is 0.490 e. The van der Waals surface area contributed by atoms with Crippen LogP contribution >= 0.6 is 0 Å². The van der Waals surface area contributed by atoms with Crippen molar-refractivity contribution < 1.29 is 22.7 Å². The fourth-order valence-corrected chi connectivity index (χ4v) is 6.70. The summed E-state index contributed by atoms with van der Waals surface area (Å²) in [7, 11) is -3.71. The molecule has 9 heteroatoms. The molecular formula is C26H33N3O5S. The van der Waals surface area contributed by atoms with Crippen LogP contribution in [0.4, 0.5) is 11.4 Å². The summed E-state index contributed by atoms with van der Waals surface area (Å²) in [4.78, 5) is 15.6. The number of amides is 1. The molecule has 2 fully saturated rings. The molecule has 1 amide bonds. The predicted octanol–water partition coefficient (Wildman–Crippen LogP) is 4.27.